The molecule has 2 amide bonds. The molecule has 3 fully saturated rings. The summed E-state index contributed by atoms with van der Waals surface area (Å²) in [5.74, 6) is -1.19. The largest absolute Gasteiger partial charge is 0.472 e. The number of benzene rings is 3. The summed E-state index contributed by atoms with van der Waals surface area (Å²) in [6.45, 7) is 8.07. The summed E-state index contributed by atoms with van der Waals surface area (Å²) in [6, 6.07) is 11.8. The molecule has 0 radical (unpaired) electrons. The van der Waals surface area contributed by atoms with Crippen molar-refractivity contribution in [1.29, 1.82) is 0 Å². The molecule has 4 heterocycles. The molecule has 0 spiro atoms. The zero-order valence-electron chi connectivity index (χ0n) is 29.5. The Balaban J connectivity index is 1.13. The Morgan fingerprint density at radius 1 is 0.942 bits per heavy atom. The van der Waals surface area contributed by atoms with E-state index < -0.39 is 29.4 Å². The highest BCUT2D eigenvalue weighted by atomic mass is 35.5. The van der Waals surface area contributed by atoms with Crippen molar-refractivity contribution in [2.45, 2.75) is 64.3 Å². The number of hydrogen-bond acceptors (Lipinski definition) is 9. The molecule has 0 N–H and O–H groups in total. The fraction of sp³-hybridized carbons (Fsp3) is 0.447. The van der Waals surface area contributed by atoms with Crippen molar-refractivity contribution >= 4 is 52.5 Å². The van der Waals surface area contributed by atoms with Gasteiger partial charge in [-0.15, -0.1) is 0 Å². The molecule has 0 aromatic heterocycles. The van der Waals surface area contributed by atoms with Crippen LogP contribution in [0.25, 0.3) is 11.1 Å². The first-order chi connectivity index (χ1) is 24.8. The number of hydrogen-bond donors (Lipinski definition) is 0. The number of carbonyl (C=O) groups is 3. The maximum atomic E-state index is 15.9. The zero-order valence-corrected chi connectivity index (χ0v) is 31.1. The molecule has 52 heavy (non-hydrogen) atoms. The molecular formula is C38H41Cl2FN4O7. The number of rotatable bonds is 5. The van der Waals surface area contributed by atoms with Gasteiger partial charge >= 0.3 is 12.1 Å². The van der Waals surface area contributed by atoms with E-state index >= 15 is 4.39 Å². The predicted octanol–water partition coefficient (Wildman–Crippen LogP) is 7.35. The third kappa shape index (κ3) is 6.95. The molecule has 7 rings (SSSR count). The summed E-state index contributed by atoms with van der Waals surface area (Å²) in [7, 11) is 1.28. The number of para-hydroxylation sites is 1. The monoisotopic (exact) mass is 754 g/mol. The Morgan fingerprint density at radius 3 is 2.33 bits per heavy atom. The smallest absolute Gasteiger partial charge is 0.411 e. The fourth-order valence-electron chi connectivity index (χ4n) is 7.48. The average Bonchev–Trinajstić information content (AvgIpc) is 3.36. The molecule has 3 saturated heterocycles. The van der Waals surface area contributed by atoms with Crippen molar-refractivity contribution in [2.75, 3.05) is 56.6 Å². The Kier molecular flexibility index (Phi) is 9.92. The SMILES string of the molecule is COC(=O)c1cc(F)c(-c2cccc3c2OCN(C(=O)c2c(Cl)cc(N4CCCN(C(=O)OC(C)(C)C)C4)cc2Cl)C3)cc1N1C2CCC1COC2. The van der Waals surface area contributed by atoms with Crippen LogP contribution >= 0.6 is 23.2 Å². The van der Waals surface area contributed by atoms with Crippen molar-refractivity contribution in [3.63, 3.8) is 0 Å². The molecular weight excluding hydrogens is 714 g/mol. The van der Waals surface area contributed by atoms with Crippen molar-refractivity contribution in [3.8, 4) is 16.9 Å². The Morgan fingerprint density at radius 2 is 1.65 bits per heavy atom. The first kappa shape index (κ1) is 36.1. The second-order valence-electron chi connectivity index (χ2n) is 14.5. The van der Waals surface area contributed by atoms with Gasteiger partial charge in [-0.05, 0) is 64.3 Å². The summed E-state index contributed by atoms with van der Waals surface area (Å²) < 4.78 is 38.5. The number of methoxy groups -OCH3 is 1. The number of morpholine rings is 1. The maximum Gasteiger partial charge on any atom is 0.411 e. The second kappa shape index (κ2) is 14.3. The summed E-state index contributed by atoms with van der Waals surface area (Å²) >= 11 is 13.5. The van der Waals surface area contributed by atoms with Gasteiger partial charge in [-0.25, -0.2) is 14.0 Å². The van der Waals surface area contributed by atoms with Crippen LogP contribution in [0, 0.1) is 5.82 Å². The third-order valence-electron chi connectivity index (χ3n) is 9.86. The predicted molar refractivity (Wildman–Crippen MR) is 195 cm³/mol. The Labute approximate surface area is 312 Å². The standard InChI is InChI=1S/C38H41Cl2FN4O7/c1-38(2,3)52-37(48)43-12-6-11-42(20-43)25-13-29(39)33(30(40)14-25)35(46)44-17-22-7-5-8-26(34(22)51-21-44)27-16-32(28(15-31(27)41)36(47)49-4)45-23-9-10-24(45)19-50-18-23/h5,7-8,13-16,23-24H,6,9-12,17-21H2,1-4H3. The molecule has 2 unspecified atom stereocenters. The first-order valence-electron chi connectivity index (χ1n) is 17.4. The van der Waals surface area contributed by atoms with E-state index in [4.69, 9.17) is 42.1 Å². The van der Waals surface area contributed by atoms with Gasteiger partial charge in [0.15, 0.2) is 6.73 Å². The number of esters is 1. The minimum absolute atomic E-state index is 0.0699. The van der Waals surface area contributed by atoms with Crippen LogP contribution in [-0.4, -0.2) is 92.3 Å². The van der Waals surface area contributed by atoms with Crippen LogP contribution in [0.3, 0.4) is 0 Å². The zero-order chi connectivity index (χ0) is 36.9. The van der Waals surface area contributed by atoms with Crippen LogP contribution < -0.4 is 14.5 Å². The minimum Gasteiger partial charge on any atom is -0.472 e. The molecule has 2 atom stereocenters. The molecule has 0 saturated carbocycles. The molecule has 14 heteroatoms. The van der Waals surface area contributed by atoms with Gasteiger partial charge in [0.05, 0.1) is 72.5 Å². The van der Waals surface area contributed by atoms with Gasteiger partial charge in [-0.1, -0.05) is 41.4 Å². The average molecular weight is 756 g/mol. The number of fused-ring (bicyclic) bond motifs is 3. The quantitative estimate of drug-likeness (QED) is 0.248. The van der Waals surface area contributed by atoms with Crippen molar-refractivity contribution < 1.29 is 37.7 Å². The lowest BCUT2D eigenvalue weighted by atomic mass is 9.96. The summed E-state index contributed by atoms with van der Waals surface area (Å²) in [4.78, 5) is 46.7. The number of carbonyl (C=O) groups excluding carboxylic acids is 3. The molecule has 276 valence electrons. The topological polar surface area (TPSA) is 101 Å². The number of halogens is 3. The van der Waals surface area contributed by atoms with E-state index in [-0.39, 0.29) is 58.8 Å². The van der Waals surface area contributed by atoms with Gasteiger partial charge in [-0.2, -0.15) is 0 Å². The number of ether oxygens (including phenoxy) is 4. The summed E-state index contributed by atoms with van der Waals surface area (Å²) in [5.41, 5.74) is 2.39. The van der Waals surface area contributed by atoms with Gasteiger partial charge in [0.2, 0.25) is 0 Å². The molecule has 3 aromatic rings. The highest BCUT2D eigenvalue weighted by molar-refractivity contribution is 6.40. The lowest BCUT2D eigenvalue weighted by Gasteiger charge is -2.38. The molecule has 4 aliphatic rings. The molecule has 0 aliphatic carbocycles. The lowest BCUT2D eigenvalue weighted by Crippen LogP contribution is -2.49. The van der Waals surface area contributed by atoms with Crippen molar-refractivity contribution in [2.24, 2.45) is 0 Å². The third-order valence-corrected chi connectivity index (χ3v) is 10.5. The van der Waals surface area contributed by atoms with Gasteiger partial charge in [0.25, 0.3) is 5.91 Å². The summed E-state index contributed by atoms with van der Waals surface area (Å²) in [6.07, 6.45) is 2.14. The number of anilines is 2. The highest BCUT2D eigenvalue weighted by Gasteiger charge is 2.40. The molecule has 11 nitrogen and oxygen atoms in total. The van der Waals surface area contributed by atoms with Crippen LogP contribution in [-0.2, 0) is 20.8 Å². The Bertz CT molecular complexity index is 1880. The van der Waals surface area contributed by atoms with E-state index in [1.54, 1.807) is 35.2 Å². The van der Waals surface area contributed by atoms with Crippen LogP contribution in [0.4, 0.5) is 20.6 Å². The number of nitrogens with zero attached hydrogens (tertiary/aromatic N) is 4. The highest BCUT2D eigenvalue weighted by Crippen LogP contribution is 2.43. The van der Waals surface area contributed by atoms with Crippen molar-refractivity contribution in [1.82, 2.24) is 9.80 Å². The molecule has 4 aliphatic heterocycles. The van der Waals surface area contributed by atoms with E-state index in [0.29, 0.717) is 54.6 Å². The van der Waals surface area contributed by atoms with Crippen LogP contribution in [0.15, 0.2) is 42.5 Å². The molecule has 3 aromatic carbocycles. The van der Waals surface area contributed by atoms with Crippen molar-refractivity contribution in [3.05, 3.63) is 75.0 Å². The Hall–Kier alpha value is -4.26. The van der Waals surface area contributed by atoms with Crippen LogP contribution in [0.1, 0.15) is 66.3 Å². The first-order valence-corrected chi connectivity index (χ1v) is 18.1. The van der Waals surface area contributed by atoms with Gasteiger partial charge in [-0.3, -0.25) is 9.69 Å². The minimum atomic E-state index is -0.617. The van der Waals surface area contributed by atoms with Gasteiger partial charge < -0.3 is 33.6 Å². The van der Waals surface area contributed by atoms with Crippen LogP contribution in [0.5, 0.6) is 5.75 Å². The molecule has 2 bridgehead atoms. The van der Waals surface area contributed by atoms with E-state index in [9.17, 15) is 14.4 Å². The normalized spacial score (nSPS) is 20.0. The van der Waals surface area contributed by atoms with E-state index in [2.05, 4.69) is 4.90 Å². The number of amides is 2. The second-order valence-corrected chi connectivity index (χ2v) is 15.3. The van der Waals surface area contributed by atoms with E-state index in [1.165, 1.54) is 18.1 Å². The fourth-order valence-corrected chi connectivity index (χ4v) is 8.12. The van der Waals surface area contributed by atoms with E-state index in [0.717, 1.165) is 19.3 Å². The summed E-state index contributed by atoms with van der Waals surface area (Å²) in [5, 5.41) is 0.331. The van der Waals surface area contributed by atoms with E-state index in [1.807, 2.05) is 31.7 Å². The van der Waals surface area contributed by atoms with Crippen LogP contribution in [0.2, 0.25) is 10.0 Å². The maximum absolute atomic E-state index is 15.9. The van der Waals surface area contributed by atoms with Gasteiger partial charge in [0.1, 0.15) is 17.2 Å². The van der Waals surface area contributed by atoms with Gasteiger partial charge in [0, 0.05) is 35.5 Å². The lowest BCUT2D eigenvalue weighted by molar-refractivity contribution is 0.0225.